The smallest absolute Gasteiger partial charge is 0.348 e. The lowest BCUT2D eigenvalue weighted by atomic mass is 9.97. The molecule has 1 aliphatic rings. The topological polar surface area (TPSA) is 130 Å². The van der Waals surface area contributed by atoms with E-state index in [1.165, 1.54) is 29.8 Å². The van der Waals surface area contributed by atoms with Crippen LogP contribution in [0.15, 0.2) is 122 Å². The Kier molecular flexibility index (Phi) is 13.8. The summed E-state index contributed by atoms with van der Waals surface area (Å²) in [5.41, 5.74) is 2.83. The highest BCUT2D eigenvalue weighted by atomic mass is 35.5. The lowest BCUT2D eigenvalue weighted by Gasteiger charge is -2.32. The summed E-state index contributed by atoms with van der Waals surface area (Å²) in [5.74, 6) is 1.99. The first-order valence-corrected chi connectivity index (χ1v) is 24.0. The monoisotopic (exact) mass is 978 g/mol. The number of methoxy groups -OCH3 is 2. The number of halogens is 2. The van der Waals surface area contributed by atoms with Crippen LogP contribution in [-0.4, -0.2) is 102 Å². The van der Waals surface area contributed by atoms with Crippen LogP contribution in [0.3, 0.4) is 0 Å². The van der Waals surface area contributed by atoms with Crippen LogP contribution in [0.1, 0.15) is 16.8 Å². The zero-order valence-corrected chi connectivity index (χ0v) is 40.3. The fraction of sp³-hybridized carbons (Fsp3) is 0.241. The third-order valence-electron chi connectivity index (χ3n) is 12.5. The van der Waals surface area contributed by atoms with Crippen LogP contribution in [-0.2, 0) is 29.2 Å². The van der Waals surface area contributed by atoms with Crippen molar-refractivity contribution >= 4 is 70.8 Å². The Morgan fingerprint density at radius 2 is 1.56 bits per heavy atom. The normalized spacial score (nSPS) is 13.7. The molecule has 13 nitrogen and oxygen atoms in total. The fourth-order valence-corrected chi connectivity index (χ4v) is 10.2. The highest BCUT2D eigenvalue weighted by Crippen LogP contribution is 2.49. The molecule has 3 aromatic heterocycles. The summed E-state index contributed by atoms with van der Waals surface area (Å²) < 4.78 is 52.4. The van der Waals surface area contributed by atoms with Gasteiger partial charge in [-0.2, -0.15) is 0 Å². The summed E-state index contributed by atoms with van der Waals surface area (Å²) in [4.78, 5) is 38.4. The molecule has 1 atom stereocenters. The Hall–Kier alpha value is -7.17. The molecule has 1 fully saturated rings. The van der Waals surface area contributed by atoms with Crippen molar-refractivity contribution in [3.63, 3.8) is 0 Å². The number of fused-ring (bicyclic) bond motifs is 8. The molecule has 0 aliphatic carbocycles. The number of nitrogens with zero attached hydrogens (tertiary/aromatic N) is 6. The first-order chi connectivity index (χ1) is 34.2. The van der Waals surface area contributed by atoms with Crippen LogP contribution in [0, 0.1) is 5.82 Å². The average molecular weight is 980 g/mol. The number of piperazine rings is 1. The molecule has 0 N–H and O–H groups in total. The molecule has 9 aromatic rings. The number of likely N-dealkylation sites (N-methyl/N-ethyl adjacent to an activating group) is 1. The highest BCUT2D eigenvalue weighted by molar-refractivity contribution is 7.26. The van der Waals surface area contributed by atoms with Gasteiger partial charge in [0, 0.05) is 66.2 Å². The molecule has 0 amide bonds. The minimum atomic E-state index is -1.21. The largest absolute Gasteiger partial charge is 0.497 e. The van der Waals surface area contributed by atoms with E-state index in [0.717, 1.165) is 64.7 Å². The zero-order valence-electron chi connectivity index (χ0n) is 38.7. The molecule has 0 bridgehead atoms. The summed E-state index contributed by atoms with van der Waals surface area (Å²) in [5, 5.41) is 4.44. The third kappa shape index (κ3) is 9.83. The van der Waals surface area contributed by atoms with Gasteiger partial charge >= 0.3 is 5.97 Å². The number of rotatable bonds is 17. The molecule has 16 heteroatoms. The third-order valence-corrected chi connectivity index (χ3v) is 14.0. The number of para-hydroxylation sites is 2. The molecule has 10 rings (SSSR count). The molecule has 0 spiro atoms. The van der Waals surface area contributed by atoms with E-state index in [9.17, 15) is 4.79 Å². The van der Waals surface area contributed by atoms with Crippen molar-refractivity contribution < 1.29 is 37.6 Å². The molecular weight excluding hydrogens is 931 g/mol. The predicted octanol–water partition coefficient (Wildman–Crippen LogP) is 10.4. The second-order valence-corrected chi connectivity index (χ2v) is 18.3. The lowest BCUT2D eigenvalue weighted by Crippen LogP contribution is -2.45. The minimum absolute atomic E-state index is 0.0187. The van der Waals surface area contributed by atoms with E-state index < -0.39 is 17.9 Å². The first-order valence-electron chi connectivity index (χ1n) is 22.8. The summed E-state index contributed by atoms with van der Waals surface area (Å²) in [7, 11) is 5.33. The van der Waals surface area contributed by atoms with Gasteiger partial charge in [0.05, 0.1) is 35.9 Å². The molecule has 356 valence electrons. The van der Waals surface area contributed by atoms with Gasteiger partial charge in [-0.3, -0.25) is 4.90 Å². The summed E-state index contributed by atoms with van der Waals surface area (Å²) in [6.07, 6.45) is 1.93. The summed E-state index contributed by atoms with van der Waals surface area (Å²) in [6.45, 7) is 5.20. The molecular formula is C54H48ClFN6O7S. The van der Waals surface area contributed by atoms with Crippen LogP contribution in [0.2, 0.25) is 5.02 Å². The fourth-order valence-electron chi connectivity index (χ4n) is 8.74. The molecule has 0 radical (unpaired) electrons. The van der Waals surface area contributed by atoms with Crippen molar-refractivity contribution in [3.05, 3.63) is 149 Å². The number of hydrogen-bond donors (Lipinski definition) is 0. The predicted molar refractivity (Wildman–Crippen MR) is 270 cm³/mol. The summed E-state index contributed by atoms with van der Waals surface area (Å²) in [6, 6.07) is 32.5. The van der Waals surface area contributed by atoms with Crippen molar-refractivity contribution in [2.45, 2.75) is 25.7 Å². The van der Waals surface area contributed by atoms with Gasteiger partial charge in [0.2, 0.25) is 12.0 Å². The maximum Gasteiger partial charge on any atom is 0.348 e. The molecule has 0 unspecified atom stereocenters. The van der Waals surface area contributed by atoms with Gasteiger partial charge in [-0.1, -0.05) is 60.1 Å². The van der Waals surface area contributed by atoms with Gasteiger partial charge in [-0.15, -0.1) is 11.3 Å². The number of benzene rings is 6. The quantitative estimate of drug-likeness (QED) is 0.0634. The molecule has 4 heterocycles. The number of thiophene rings is 1. The minimum Gasteiger partial charge on any atom is -0.497 e. The van der Waals surface area contributed by atoms with E-state index in [2.05, 4.69) is 26.8 Å². The Morgan fingerprint density at radius 1 is 0.771 bits per heavy atom. The SMILES string of the molecule is COc1ccc(COC(=O)[C@@H](Cc2ccccc2OCc2ccnc(-c3ccccc3OC)n2)Oc2ncnc3sc4c5ccc(F)cc5c5c(Cl)c(OCCN6CCN(C)CC6)ccc5c4c23)cc1. The van der Waals surface area contributed by atoms with Crippen molar-refractivity contribution in [2.24, 2.45) is 0 Å². The van der Waals surface area contributed by atoms with Crippen LogP contribution in [0.25, 0.3) is 53.2 Å². The van der Waals surface area contributed by atoms with E-state index in [1.54, 1.807) is 44.7 Å². The number of esters is 1. The van der Waals surface area contributed by atoms with Crippen molar-refractivity contribution in [1.82, 2.24) is 29.7 Å². The Balaban J connectivity index is 1.000. The van der Waals surface area contributed by atoms with Gasteiger partial charge < -0.3 is 33.3 Å². The van der Waals surface area contributed by atoms with Crippen molar-refractivity contribution in [2.75, 3.05) is 60.6 Å². The van der Waals surface area contributed by atoms with E-state index in [0.29, 0.717) is 72.7 Å². The van der Waals surface area contributed by atoms with Crippen LogP contribution in [0.4, 0.5) is 4.39 Å². The maximum atomic E-state index is 15.2. The van der Waals surface area contributed by atoms with E-state index in [-0.39, 0.29) is 25.5 Å². The highest BCUT2D eigenvalue weighted by Gasteiger charge is 2.29. The second-order valence-electron chi connectivity index (χ2n) is 16.9. The molecule has 70 heavy (non-hydrogen) atoms. The number of hydrogen-bond acceptors (Lipinski definition) is 14. The van der Waals surface area contributed by atoms with E-state index >= 15 is 4.39 Å². The number of aromatic nitrogens is 4. The molecule has 6 aromatic carbocycles. The molecule has 1 aliphatic heterocycles. The van der Waals surface area contributed by atoms with Gasteiger partial charge in [-0.25, -0.2) is 29.1 Å². The maximum absolute atomic E-state index is 15.2. The van der Waals surface area contributed by atoms with Crippen LogP contribution in [0.5, 0.6) is 28.9 Å². The standard InChI is InChI=1S/C54H48ClFN6O7S/c1-61-22-24-62(25-23-61)26-27-66-44-19-18-40-46(49(44)55)41-29-35(56)14-17-38(41)50-47(40)48-52(58-32-59-53(48)70-50)69-45(54(63)68-30-33-12-15-37(64-2)16-13-33)28-34-8-4-6-10-42(34)67-31-36-20-21-57-51(60-36)39-9-5-7-11-43(39)65-3/h4-21,29,32,45H,22-28,30-31H2,1-3H3/t45-/m1/s1. The average Bonchev–Trinajstić information content (AvgIpc) is 3.79. The first kappa shape index (κ1) is 46.6. The number of carbonyl (C=O) groups is 1. The van der Waals surface area contributed by atoms with Gasteiger partial charge in [-0.05, 0) is 89.6 Å². The second kappa shape index (κ2) is 20.8. The van der Waals surface area contributed by atoms with Gasteiger partial charge in [0.25, 0.3) is 0 Å². The van der Waals surface area contributed by atoms with Crippen molar-refractivity contribution in [3.8, 4) is 40.3 Å². The zero-order chi connectivity index (χ0) is 48.1. The van der Waals surface area contributed by atoms with Crippen LogP contribution < -0.4 is 23.7 Å². The Labute approximate surface area is 412 Å². The number of carbonyl (C=O) groups excluding carboxylic acids is 1. The molecule has 1 saturated heterocycles. The van der Waals surface area contributed by atoms with Gasteiger partial charge in [0.1, 0.15) is 59.8 Å². The number of ether oxygens (including phenoxy) is 6. The van der Waals surface area contributed by atoms with Crippen molar-refractivity contribution in [1.29, 1.82) is 0 Å². The summed E-state index contributed by atoms with van der Waals surface area (Å²) >= 11 is 8.72. The molecule has 0 saturated carbocycles. The van der Waals surface area contributed by atoms with E-state index in [1.807, 2.05) is 72.8 Å². The van der Waals surface area contributed by atoms with E-state index in [4.69, 9.17) is 50.0 Å². The lowest BCUT2D eigenvalue weighted by molar-refractivity contribution is -0.153. The Bertz CT molecular complexity index is 3350. The Morgan fingerprint density at radius 3 is 2.37 bits per heavy atom. The van der Waals surface area contributed by atoms with Gasteiger partial charge in [0.15, 0.2) is 5.82 Å². The van der Waals surface area contributed by atoms with Crippen LogP contribution >= 0.6 is 22.9 Å².